The number of H-pyrrole nitrogens is 1. The van der Waals surface area contributed by atoms with Crippen molar-refractivity contribution in [3.63, 3.8) is 0 Å². The van der Waals surface area contributed by atoms with E-state index in [4.69, 9.17) is 16.2 Å². The van der Waals surface area contributed by atoms with Crippen molar-refractivity contribution >= 4 is 34.7 Å². The summed E-state index contributed by atoms with van der Waals surface area (Å²) in [5.74, 6) is -1.02. The number of nitrogens with one attached hydrogen (secondary N) is 3. The van der Waals surface area contributed by atoms with Crippen LogP contribution in [0.5, 0.6) is 0 Å². The fourth-order valence-corrected chi connectivity index (χ4v) is 2.82. The number of nitrogens with two attached hydrogens (primary N) is 1. The fourth-order valence-electron chi connectivity index (χ4n) is 2.82. The molecular weight excluding hydrogens is 388 g/mol. The molecule has 0 atom stereocenters. The van der Waals surface area contributed by atoms with Crippen molar-refractivity contribution in [1.29, 1.82) is 5.41 Å². The average molecular weight is 410 g/mol. The van der Waals surface area contributed by atoms with Crippen LogP contribution in [0.1, 0.15) is 28.9 Å². The van der Waals surface area contributed by atoms with Gasteiger partial charge in [0.2, 0.25) is 5.95 Å². The van der Waals surface area contributed by atoms with E-state index in [-0.39, 0.29) is 23.8 Å². The van der Waals surface area contributed by atoms with Gasteiger partial charge in [0.25, 0.3) is 5.91 Å². The van der Waals surface area contributed by atoms with Crippen LogP contribution in [0.4, 0.5) is 11.6 Å². The lowest BCUT2D eigenvalue weighted by atomic mass is 10.1. The van der Waals surface area contributed by atoms with Crippen LogP contribution < -0.4 is 21.4 Å². The molecule has 1 aromatic carbocycles. The van der Waals surface area contributed by atoms with E-state index in [1.807, 2.05) is 24.1 Å². The number of aromatic amines is 1. The van der Waals surface area contributed by atoms with Crippen LogP contribution in [0, 0.1) is 5.41 Å². The Labute approximate surface area is 171 Å². The molecule has 0 unspecified atom stereocenters. The predicted molar refractivity (Wildman–Crippen MR) is 110 cm³/mol. The standard InChI is InChI=1S/C19H22N8O3/c1-27(10-12-9-23-17-15(24-12)16(20)25-19(21)26-17)13-6-4-11(5-7-13)18(30)22-8-2-3-14(28)29/h4-7,9H,2-3,8,10H2,1H3,(H,22,30)(H,28,29)(H4,20,21,23,25,26). The maximum Gasteiger partial charge on any atom is 0.303 e. The van der Waals surface area contributed by atoms with Crippen molar-refractivity contribution in [3.05, 3.63) is 47.2 Å². The Morgan fingerprint density at radius 3 is 2.70 bits per heavy atom. The number of benzene rings is 1. The summed E-state index contributed by atoms with van der Waals surface area (Å²) in [5.41, 5.74) is 8.29. The summed E-state index contributed by atoms with van der Waals surface area (Å²) >= 11 is 0. The number of hydrogen-bond acceptors (Lipinski definition) is 8. The van der Waals surface area contributed by atoms with Gasteiger partial charge in [0, 0.05) is 31.3 Å². The number of nitrogen functional groups attached to an aromatic ring is 1. The highest BCUT2D eigenvalue weighted by Crippen LogP contribution is 2.16. The summed E-state index contributed by atoms with van der Waals surface area (Å²) in [4.78, 5) is 39.8. The number of nitrogens with zero attached hydrogens (tertiary/aromatic N) is 4. The lowest BCUT2D eigenvalue weighted by Gasteiger charge is -2.19. The van der Waals surface area contributed by atoms with Crippen molar-refractivity contribution in [1.82, 2.24) is 25.3 Å². The van der Waals surface area contributed by atoms with E-state index in [9.17, 15) is 9.59 Å². The maximum absolute atomic E-state index is 12.1. The van der Waals surface area contributed by atoms with E-state index >= 15 is 0 Å². The SMILES string of the molecule is CN(Cc1cnc2nc(N)[nH]c(=N)c2n1)c1ccc(C(=O)NCCCC(=O)O)cc1. The topological polar surface area (TPSA) is 174 Å². The number of aromatic nitrogens is 4. The van der Waals surface area contributed by atoms with Crippen LogP contribution in [0.3, 0.4) is 0 Å². The average Bonchev–Trinajstić information content (AvgIpc) is 2.71. The molecule has 0 aliphatic heterocycles. The molecule has 2 aromatic heterocycles. The smallest absolute Gasteiger partial charge is 0.303 e. The highest BCUT2D eigenvalue weighted by Gasteiger charge is 2.10. The molecule has 3 aromatic rings. The van der Waals surface area contributed by atoms with E-state index in [2.05, 4.69) is 25.3 Å². The van der Waals surface area contributed by atoms with Crippen LogP contribution in [0.25, 0.3) is 11.2 Å². The van der Waals surface area contributed by atoms with Crippen molar-refractivity contribution in [2.75, 3.05) is 24.2 Å². The molecule has 0 fully saturated rings. The highest BCUT2D eigenvalue weighted by molar-refractivity contribution is 5.94. The van der Waals surface area contributed by atoms with Gasteiger partial charge < -0.3 is 26.0 Å². The van der Waals surface area contributed by atoms with E-state index in [0.29, 0.717) is 41.9 Å². The van der Waals surface area contributed by atoms with Gasteiger partial charge in [0.1, 0.15) is 0 Å². The zero-order valence-electron chi connectivity index (χ0n) is 16.3. The molecule has 0 bridgehead atoms. The van der Waals surface area contributed by atoms with Gasteiger partial charge in [0.15, 0.2) is 16.7 Å². The second-order valence-electron chi connectivity index (χ2n) is 6.69. The Morgan fingerprint density at radius 2 is 2.00 bits per heavy atom. The number of amides is 1. The van der Waals surface area contributed by atoms with Gasteiger partial charge >= 0.3 is 5.97 Å². The second-order valence-corrected chi connectivity index (χ2v) is 6.69. The Hall–Kier alpha value is -4.02. The predicted octanol–water partition coefficient (Wildman–Crippen LogP) is 0.646. The summed E-state index contributed by atoms with van der Waals surface area (Å²) in [6, 6.07) is 7.03. The first-order chi connectivity index (χ1) is 14.3. The van der Waals surface area contributed by atoms with Crippen molar-refractivity contribution < 1.29 is 14.7 Å². The first-order valence-corrected chi connectivity index (χ1v) is 9.20. The third-order valence-electron chi connectivity index (χ3n) is 4.34. The van der Waals surface area contributed by atoms with Gasteiger partial charge in [-0.3, -0.25) is 15.0 Å². The van der Waals surface area contributed by atoms with E-state index in [1.54, 1.807) is 18.3 Å². The van der Waals surface area contributed by atoms with Gasteiger partial charge in [-0.1, -0.05) is 0 Å². The molecular formula is C19H22N8O3. The van der Waals surface area contributed by atoms with E-state index in [0.717, 1.165) is 5.69 Å². The number of carbonyl (C=O) groups excluding carboxylic acids is 1. The second kappa shape index (κ2) is 8.99. The van der Waals surface area contributed by atoms with Crippen LogP contribution >= 0.6 is 0 Å². The molecule has 30 heavy (non-hydrogen) atoms. The molecule has 2 heterocycles. The number of carboxylic acid groups (broad SMARTS) is 1. The Balaban J connectivity index is 1.64. The first-order valence-electron chi connectivity index (χ1n) is 9.20. The lowest BCUT2D eigenvalue weighted by molar-refractivity contribution is -0.137. The Bertz CT molecular complexity index is 1130. The number of carboxylic acids is 1. The summed E-state index contributed by atoms with van der Waals surface area (Å²) in [6.45, 7) is 0.747. The molecule has 0 saturated carbocycles. The molecule has 0 aliphatic rings. The van der Waals surface area contributed by atoms with Gasteiger partial charge in [-0.15, -0.1) is 0 Å². The molecule has 0 aliphatic carbocycles. The zero-order chi connectivity index (χ0) is 21.7. The van der Waals surface area contributed by atoms with E-state index in [1.165, 1.54) is 0 Å². The molecule has 11 heteroatoms. The molecule has 3 rings (SSSR count). The number of anilines is 2. The van der Waals surface area contributed by atoms with Crippen LogP contribution in [0.15, 0.2) is 30.5 Å². The van der Waals surface area contributed by atoms with Gasteiger partial charge in [0.05, 0.1) is 18.4 Å². The molecule has 156 valence electrons. The summed E-state index contributed by atoms with van der Waals surface area (Å²) < 4.78 is 0. The highest BCUT2D eigenvalue weighted by atomic mass is 16.4. The van der Waals surface area contributed by atoms with Gasteiger partial charge in [-0.25, -0.2) is 9.97 Å². The largest absolute Gasteiger partial charge is 0.481 e. The van der Waals surface area contributed by atoms with E-state index < -0.39 is 5.97 Å². The minimum absolute atomic E-state index is 0.0187. The minimum Gasteiger partial charge on any atom is -0.481 e. The Morgan fingerprint density at radius 1 is 1.27 bits per heavy atom. The third kappa shape index (κ3) is 5.07. The maximum atomic E-state index is 12.1. The summed E-state index contributed by atoms with van der Waals surface area (Å²) in [6.07, 6.45) is 1.99. The normalized spacial score (nSPS) is 10.7. The van der Waals surface area contributed by atoms with Crippen molar-refractivity contribution in [2.45, 2.75) is 19.4 Å². The van der Waals surface area contributed by atoms with Crippen LogP contribution in [0.2, 0.25) is 0 Å². The van der Waals surface area contributed by atoms with Gasteiger partial charge in [-0.2, -0.15) is 4.98 Å². The van der Waals surface area contributed by atoms with Gasteiger partial charge in [-0.05, 0) is 30.7 Å². The molecule has 0 saturated heterocycles. The molecule has 6 N–H and O–H groups in total. The number of hydrogen-bond donors (Lipinski definition) is 5. The molecule has 0 spiro atoms. The number of rotatable bonds is 8. The molecule has 0 radical (unpaired) electrons. The quantitative estimate of drug-likeness (QED) is 0.336. The van der Waals surface area contributed by atoms with Crippen molar-refractivity contribution in [2.24, 2.45) is 0 Å². The number of aliphatic carboxylic acids is 1. The molecule has 11 nitrogen and oxygen atoms in total. The van der Waals surface area contributed by atoms with Crippen LogP contribution in [-0.2, 0) is 11.3 Å². The summed E-state index contributed by atoms with van der Waals surface area (Å²) in [5, 5.41) is 19.2. The number of carbonyl (C=O) groups is 2. The third-order valence-corrected chi connectivity index (χ3v) is 4.34. The minimum atomic E-state index is -0.884. The fraction of sp³-hybridized carbons (Fsp3) is 0.263. The zero-order valence-corrected chi connectivity index (χ0v) is 16.3. The van der Waals surface area contributed by atoms with Crippen molar-refractivity contribution in [3.8, 4) is 0 Å². The Kier molecular flexibility index (Phi) is 6.20. The summed E-state index contributed by atoms with van der Waals surface area (Å²) in [7, 11) is 1.88. The monoisotopic (exact) mass is 410 g/mol. The molecule has 1 amide bonds. The first kappa shape index (κ1) is 20.7. The lowest BCUT2D eigenvalue weighted by Crippen LogP contribution is -2.25. The van der Waals surface area contributed by atoms with Crippen LogP contribution in [-0.4, -0.2) is 50.5 Å². The number of fused-ring (bicyclic) bond motifs is 1.